The lowest BCUT2D eigenvalue weighted by atomic mass is 9.92. The largest absolute Gasteiger partial charge is 0.338 e. The summed E-state index contributed by atoms with van der Waals surface area (Å²) in [4.78, 5) is 18.7. The van der Waals surface area contributed by atoms with Gasteiger partial charge in [0.2, 0.25) is 5.89 Å². The molecule has 0 N–H and O–H groups in total. The van der Waals surface area contributed by atoms with Gasteiger partial charge in [0.15, 0.2) is 5.82 Å². The van der Waals surface area contributed by atoms with Gasteiger partial charge >= 0.3 is 0 Å². The molecule has 3 heterocycles. The van der Waals surface area contributed by atoms with E-state index in [0.29, 0.717) is 30.7 Å². The minimum atomic E-state index is -0.0545. The van der Waals surface area contributed by atoms with Crippen LogP contribution < -0.4 is 5.56 Å². The highest BCUT2D eigenvalue weighted by molar-refractivity contribution is 5.10. The highest BCUT2D eigenvalue weighted by atomic mass is 16.5. The zero-order chi connectivity index (χ0) is 18.0. The Morgan fingerprint density at radius 1 is 1.24 bits per heavy atom. The van der Waals surface area contributed by atoms with Gasteiger partial charge in [-0.1, -0.05) is 25.9 Å². The molecule has 1 aliphatic heterocycles. The van der Waals surface area contributed by atoms with Gasteiger partial charge in [0.05, 0.1) is 12.2 Å². The Morgan fingerprint density at radius 3 is 2.56 bits per heavy atom. The zero-order valence-corrected chi connectivity index (χ0v) is 15.5. The van der Waals surface area contributed by atoms with Crippen molar-refractivity contribution in [1.82, 2.24) is 24.8 Å². The topological polar surface area (TPSA) is 77.0 Å². The molecule has 0 aliphatic carbocycles. The molecule has 0 aromatic carbocycles. The molecule has 7 nitrogen and oxygen atoms in total. The molecule has 2 aromatic heterocycles. The van der Waals surface area contributed by atoms with E-state index in [9.17, 15) is 4.79 Å². The maximum atomic E-state index is 12.1. The molecule has 1 aliphatic rings. The summed E-state index contributed by atoms with van der Waals surface area (Å²) in [6.45, 7) is 11.5. The van der Waals surface area contributed by atoms with Gasteiger partial charge in [-0.3, -0.25) is 9.69 Å². The monoisotopic (exact) mass is 345 g/mol. The van der Waals surface area contributed by atoms with Gasteiger partial charge in [0.1, 0.15) is 0 Å². The molecule has 0 spiro atoms. The third-order valence-corrected chi connectivity index (χ3v) is 4.70. The molecule has 0 atom stereocenters. The summed E-state index contributed by atoms with van der Waals surface area (Å²) >= 11 is 0. The van der Waals surface area contributed by atoms with Crippen LogP contribution in [0.1, 0.15) is 51.0 Å². The predicted octanol–water partition coefficient (Wildman–Crippen LogP) is 2.14. The van der Waals surface area contributed by atoms with Gasteiger partial charge < -0.3 is 4.52 Å². The fraction of sp³-hybridized carbons (Fsp3) is 0.667. The first-order valence-corrected chi connectivity index (χ1v) is 8.91. The highest BCUT2D eigenvalue weighted by Gasteiger charge is 2.23. The van der Waals surface area contributed by atoms with Crippen LogP contribution in [0, 0.1) is 12.8 Å². The van der Waals surface area contributed by atoms with Gasteiger partial charge in [-0.05, 0) is 44.8 Å². The molecule has 25 heavy (non-hydrogen) atoms. The van der Waals surface area contributed by atoms with Crippen LogP contribution in [0.2, 0.25) is 0 Å². The molecule has 2 aromatic rings. The summed E-state index contributed by atoms with van der Waals surface area (Å²) in [6.07, 6.45) is 2.09. The average molecular weight is 345 g/mol. The molecule has 0 radical (unpaired) electrons. The van der Waals surface area contributed by atoms with Gasteiger partial charge in [-0.15, -0.1) is 0 Å². The first kappa shape index (κ1) is 17.8. The second kappa shape index (κ2) is 7.07. The summed E-state index contributed by atoms with van der Waals surface area (Å²) < 4.78 is 6.83. The number of hydrogen-bond donors (Lipinski definition) is 0. The fourth-order valence-electron chi connectivity index (χ4n) is 3.15. The first-order chi connectivity index (χ1) is 11.8. The summed E-state index contributed by atoms with van der Waals surface area (Å²) in [7, 11) is 0. The maximum Gasteiger partial charge on any atom is 0.266 e. The van der Waals surface area contributed by atoms with Crippen LogP contribution in [0.4, 0.5) is 0 Å². The van der Waals surface area contributed by atoms with Gasteiger partial charge in [-0.25, -0.2) is 4.68 Å². The van der Waals surface area contributed by atoms with E-state index >= 15 is 0 Å². The Bertz CT molecular complexity index is 766. The molecular weight excluding hydrogens is 318 g/mol. The van der Waals surface area contributed by atoms with E-state index in [0.717, 1.165) is 31.6 Å². The summed E-state index contributed by atoms with van der Waals surface area (Å²) in [5.74, 6) is 1.82. The van der Waals surface area contributed by atoms with E-state index in [1.54, 1.807) is 10.7 Å². The molecule has 1 fully saturated rings. The van der Waals surface area contributed by atoms with Gasteiger partial charge in [-0.2, -0.15) is 10.1 Å². The minimum absolute atomic E-state index is 0.0169. The first-order valence-electron chi connectivity index (χ1n) is 8.91. The lowest BCUT2D eigenvalue weighted by Gasteiger charge is -2.31. The fourth-order valence-corrected chi connectivity index (χ4v) is 3.15. The van der Waals surface area contributed by atoms with Crippen LogP contribution in [0.5, 0.6) is 0 Å². The number of likely N-dealkylation sites (tertiary alicyclic amines) is 1. The Labute approximate surface area is 148 Å². The van der Waals surface area contributed by atoms with Gasteiger partial charge in [0.25, 0.3) is 5.56 Å². The van der Waals surface area contributed by atoms with Crippen LogP contribution in [0.15, 0.2) is 21.5 Å². The number of aromatic nitrogens is 4. The molecule has 0 bridgehead atoms. The van der Waals surface area contributed by atoms with Gasteiger partial charge in [0, 0.05) is 18.0 Å². The van der Waals surface area contributed by atoms with Crippen LogP contribution >= 0.6 is 0 Å². The van der Waals surface area contributed by atoms with Crippen LogP contribution in [0.3, 0.4) is 0 Å². The molecule has 3 rings (SSSR count). The lowest BCUT2D eigenvalue weighted by molar-refractivity contribution is 0.147. The predicted molar refractivity (Wildman–Crippen MR) is 94.2 cm³/mol. The Hall–Kier alpha value is -2.02. The smallest absolute Gasteiger partial charge is 0.266 e. The van der Waals surface area contributed by atoms with Crippen molar-refractivity contribution in [2.45, 2.75) is 59.0 Å². The lowest BCUT2D eigenvalue weighted by Crippen LogP contribution is -2.37. The summed E-state index contributed by atoms with van der Waals surface area (Å²) in [6, 6.07) is 3.48. The van der Waals surface area contributed by atoms with E-state index in [4.69, 9.17) is 4.52 Å². The van der Waals surface area contributed by atoms with Crippen LogP contribution in [-0.2, 0) is 18.5 Å². The zero-order valence-electron chi connectivity index (χ0n) is 15.5. The molecule has 0 amide bonds. The Kier molecular flexibility index (Phi) is 5.03. The van der Waals surface area contributed by atoms with Crippen molar-refractivity contribution in [3.63, 3.8) is 0 Å². The number of nitrogens with zero attached hydrogens (tertiary/aromatic N) is 5. The van der Waals surface area contributed by atoms with E-state index in [2.05, 4.69) is 40.9 Å². The average Bonchev–Trinajstić information content (AvgIpc) is 2.95. The highest BCUT2D eigenvalue weighted by Crippen LogP contribution is 2.21. The van der Waals surface area contributed by atoms with E-state index in [-0.39, 0.29) is 11.0 Å². The van der Waals surface area contributed by atoms with E-state index in [1.807, 2.05) is 13.0 Å². The third-order valence-electron chi connectivity index (χ3n) is 4.70. The number of hydrogen-bond acceptors (Lipinski definition) is 6. The van der Waals surface area contributed by atoms with Crippen molar-refractivity contribution in [2.24, 2.45) is 5.92 Å². The SMILES string of the molecule is Cc1noc(CN2CCC(Cn3nc(C(C)(C)C)ccc3=O)CC2)n1. The standard InChI is InChI=1S/C18H27N5O2/c1-13-19-16(25-21-13)12-22-9-7-14(8-10-22)11-23-17(24)6-5-15(20-23)18(2,3)4/h5-6,14H,7-12H2,1-4H3. The minimum Gasteiger partial charge on any atom is -0.338 e. The Balaban J connectivity index is 1.58. The van der Waals surface area contributed by atoms with Crippen molar-refractivity contribution in [3.8, 4) is 0 Å². The van der Waals surface area contributed by atoms with Crippen molar-refractivity contribution in [2.75, 3.05) is 13.1 Å². The van der Waals surface area contributed by atoms with Crippen molar-refractivity contribution >= 4 is 0 Å². The number of aryl methyl sites for hydroxylation is 1. The molecule has 0 saturated carbocycles. The molecule has 0 unspecified atom stereocenters. The second-order valence-electron chi connectivity index (χ2n) is 7.94. The summed E-state index contributed by atoms with van der Waals surface area (Å²) in [5.41, 5.74) is 0.883. The summed E-state index contributed by atoms with van der Waals surface area (Å²) in [5, 5.41) is 8.42. The van der Waals surface area contributed by atoms with E-state index in [1.165, 1.54) is 0 Å². The number of piperidine rings is 1. The molecule has 7 heteroatoms. The van der Waals surface area contributed by atoms with Crippen LogP contribution in [0.25, 0.3) is 0 Å². The second-order valence-corrected chi connectivity index (χ2v) is 7.94. The van der Waals surface area contributed by atoms with Crippen molar-refractivity contribution in [3.05, 3.63) is 39.9 Å². The third kappa shape index (κ3) is 4.54. The number of rotatable bonds is 4. The van der Waals surface area contributed by atoms with Crippen LogP contribution in [-0.4, -0.2) is 37.9 Å². The molecular formula is C18H27N5O2. The quantitative estimate of drug-likeness (QED) is 0.845. The van der Waals surface area contributed by atoms with Crippen molar-refractivity contribution in [1.29, 1.82) is 0 Å². The Morgan fingerprint density at radius 2 is 1.96 bits per heavy atom. The normalized spacial score (nSPS) is 17.1. The maximum absolute atomic E-state index is 12.1. The van der Waals surface area contributed by atoms with Crippen molar-refractivity contribution < 1.29 is 4.52 Å². The van der Waals surface area contributed by atoms with E-state index < -0.39 is 0 Å². The molecule has 136 valence electrons. The molecule has 1 saturated heterocycles.